The van der Waals surface area contributed by atoms with Crippen molar-refractivity contribution in [1.29, 1.82) is 0 Å². The quantitative estimate of drug-likeness (QED) is 0.314. The molecule has 0 spiro atoms. The van der Waals surface area contributed by atoms with E-state index in [9.17, 15) is 35.2 Å². The number of halogens is 5. The van der Waals surface area contributed by atoms with Gasteiger partial charge in [-0.3, -0.25) is 9.69 Å². The standard InChI is InChI=1S/C31H37F5N2O3S/c1-28(2,38-16-14-37-15-17-38)27(39)19-21-12-13-30(42(40,41)24-8-6-23(32)7-9-24)25(21)10-4-20-18-22(5-11-26(20)30)29(3,33)31(34,35)36/h5-9,11,18,21,25,37H,4,10,12-17,19H2,1-3H3/t21-,25-,29?,30-/m0/s1. The zero-order valence-electron chi connectivity index (χ0n) is 24.0. The largest absolute Gasteiger partial charge is 0.426 e. The zero-order valence-corrected chi connectivity index (χ0v) is 24.8. The fraction of sp³-hybridized carbons (Fsp3) is 0.581. The van der Waals surface area contributed by atoms with Crippen LogP contribution >= 0.6 is 0 Å². The van der Waals surface area contributed by atoms with Gasteiger partial charge in [-0.2, -0.15) is 13.2 Å². The third-order valence-electron chi connectivity index (χ3n) is 10.1. The summed E-state index contributed by atoms with van der Waals surface area (Å²) in [4.78, 5) is 15.8. The SMILES string of the molecule is CC(C)(C(=O)C[C@@H]1CC[C@@]2(S(=O)(=O)c3ccc(F)cc3)c3ccc(C(C)(F)C(F)(F)F)cc3CC[C@@H]12)N1CCNCC1. The van der Waals surface area contributed by atoms with Gasteiger partial charge >= 0.3 is 6.18 Å². The molecule has 2 fully saturated rings. The van der Waals surface area contributed by atoms with Crippen molar-refractivity contribution in [1.82, 2.24) is 10.2 Å². The molecule has 230 valence electrons. The molecule has 1 aliphatic heterocycles. The van der Waals surface area contributed by atoms with Crippen molar-refractivity contribution in [3.63, 3.8) is 0 Å². The number of fused-ring (bicyclic) bond motifs is 3. The Morgan fingerprint density at radius 1 is 1.00 bits per heavy atom. The molecule has 5 nitrogen and oxygen atoms in total. The van der Waals surface area contributed by atoms with Crippen LogP contribution in [0.4, 0.5) is 22.0 Å². The van der Waals surface area contributed by atoms with E-state index >= 15 is 0 Å². The Bertz CT molecular complexity index is 1450. The van der Waals surface area contributed by atoms with Crippen LogP contribution in [0.3, 0.4) is 0 Å². The first kappa shape index (κ1) is 31.1. The van der Waals surface area contributed by atoms with Crippen LogP contribution in [0.1, 0.15) is 63.1 Å². The highest BCUT2D eigenvalue weighted by molar-refractivity contribution is 7.92. The van der Waals surface area contributed by atoms with Crippen LogP contribution in [0.25, 0.3) is 0 Å². The van der Waals surface area contributed by atoms with E-state index in [1.807, 2.05) is 13.8 Å². The molecule has 0 radical (unpaired) electrons. The molecular weight excluding hydrogens is 575 g/mol. The molecule has 2 aliphatic carbocycles. The predicted molar refractivity (Wildman–Crippen MR) is 149 cm³/mol. The Balaban J connectivity index is 1.57. The monoisotopic (exact) mass is 612 g/mol. The number of sulfone groups is 1. The minimum atomic E-state index is -5.15. The van der Waals surface area contributed by atoms with Crippen LogP contribution in [-0.2, 0) is 31.5 Å². The molecule has 1 saturated carbocycles. The summed E-state index contributed by atoms with van der Waals surface area (Å²) in [7, 11) is -4.20. The van der Waals surface area contributed by atoms with E-state index < -0.39 is 49.3 Å². The third-order valence-corrected chi connectivity index (χ3v) is 12.6. The van der Waals surface area contributed by atoms with Gasteiger partial charge in [-0.05, 0) is 99.2 Å². The molecule has 0 bridgehead atoms. The Morgan fingerprint density at radius 3 is 2.26 bits per heavy atom. The molecular formula is C31H37F5N2O3S. The molecule has 1 heterocycles. The lowest BCUT2D eigenvalue weighted by atomic mass is 9.71. The summed E-state index contributed by atoms with van der Waals surface area (Å²) in [5.74, 6) is -1.35. The van der Waals surface area contributed by atoms with E-state index in [1.54, 1.807) is 0 Å². The fourth-order valence-corrected chi connectivity index (χ4v) is 9.88. The van der Waals surface area contributed by atoms with E-state index in [4.69, 9.17) is 0 Å². The van der Waals surface area contributed by atoms with Crippen molar-refractivity contribution < 1.29 is 35.2 Å². The van der Waals surface area contributed by atoms with Crippen LogP contribution in [0.15, 0.2) is 47.4 Å². The summed E-state index contributed by atoms with van der Waals surface area (Å²) in [6.07, 6.45) is -3.81. The van der Waals surface area contributed by atoms with E-state index in [1.165, 1.54) is 18.2 Å². The predicted octanol–water partition coefficient (Wildman–Crippen LogP) is 5.86. The lowest BCUT2D eigenvalue weighted by Gasteiger charge is -2.44. The molecule has 42 heavy (non-hydrogen) atoms. The molecule has 1 unspecified atom stereocenters. The Morgan fingerprint density at radius 2 is 1.64 bits per heavy atom. The number of nitrogens with one attached hydrogen (secondary N) is 1. The minimum Gasteiger partial charge on any atom is -0.314 e. The number of aryl methyl sites for hydroxylation is 1. The maximum absolute atomic E-state index is 14.9. The van der Waals surface area contributed by atoms with Gasteiger partial charge in [0.2, 0.25) is 5.67 Å². The van der Waals surface area contributed by atoms with Crippen molar-refractivity contribution in [2.45, 2.75) is 79.9 Å². The maximum atomic E-state index is 14.9. The number of Topliss-reactive ketones (excluding diaryl/α,β-unsaturated/α-hetero) is 1. The molecule has 4 atom stereocenters. The lowest BCUT2D eigenvalue weighted by molar-refractivity contribution is -0.228. The summed E-state index contributed by atoms with van der Waals surface area (Å²) in [6.45, 7) is 7.23. The number of benzene rings is 2. The van der Waals surface area contributed by atoms with Crippen LogP contribution in [0.5, 0.6) is 0 Å². The molecule has 0 aromatic heterocycles. The van der Waals surface area contributed by atoms with E-state index in [0.717, 1.165) is 50.4 Å². The second-order valence-electron chi connectivity index (χ2n) is 12.6. The second kappa shape index (κ2) is 10.7. The Kier molecular flexibility index (Phi) is 7.89. The van der Waals surface area contributed by atoms with Gasteiger partial charge in [-0.15, -0.1) is 0 Å². The summed E-state index contributed by atoms with van der Waals surface area (Å²) < 4.78 is 96.8. The minimum absolute atomic E-state index is 0.0175. The molecule has 0 amide bonds. The summed E-state index contributed by atoms with van der Waals surface area (Å²) in [5.41, 5.74) is -4.23. The molecule has 11 heteroatoms. The number of hydrogen-bond donors (Lipinski definition) is 1. The van der Waals surface area contributed by atoms with Gasteiger partial charge in [-0.1, -0.05) is 18.2 Å². The number of carbonyl (C=O) groups excluding carboxylic acids is 1. The van der Waals surface area contributed by atoms with E-state index in [-0.39, 0.29) is 35.9 Å². The number of ketones is 1. The smallest absolute Gasteiger partial charge is 0.314 e. The first-order chi connectivity index (χ1) is 19.5. The number of nitrogens with zero attached hydrogens (tertiary/aromatic N) is 1. The number of carbonyl (C=O) groups is 1. The number of rotatable bonds is 7. The highest BCUT2D eigenvalue weighted by Crippen LogP contribution is 2.60. The average Bonchev–Trinajstić information content (AvgIpc) is 3.33. The molecule has 5 rings (SSSR count). The number of alkyl halides is 4. The summed E-state index contributed by atoms with van der Waals surface area (Å²) in [6, 6.07) is 8.04. The number of hydrogen-bond acceptors (Lipinski definition) is 5. The van der Waals surface area contributed by atoms with Crippen LogP contribution in [0.2, 0.25) is 0 Å². The maximum Gasteiger partial charge on any atom is 0.426 e. The van der Waals surface area contributed by atoms with Gasteiger partial charge in [0.25, 0.3) is 0 Å². The Labute approximate surface area is 243 Å². The topological polar surface area (TPSA) is 66.5 Å². The lowest BCUT2D eigenvalue weighted by Crippen LogP contribution is -2.57. The van der Waals surface area contributed by atoms with Gasteiger partial charge in [0, 0.05) is 32.6 Å². The molecule has 2 aromatic carbocycles. The highest BCUT2D eigenvalue weighted by atomic mass is 32.2. The van der Waals surface area contributed by atoms with E-state index in [0.29, 0.717) is 30.9 Å². The van der Waals surface area contributed by atoms with Crippen LogP contribution in [-0.4, -0.2) is 57.0 Å². The molecule has 1 saturated heterocycles. The fourth-order valence-electron chi connectivity index (χ4n) is 7.39. The Hall–Kier alpha value is -2.37. The van der Waals surface area contributed by atoms with Gasteiger partial charge < -0.3 is 5.32 Å². The normalized spacial score (nSPS) is 26.8. The highest BCUT2D eigenvalue weighted by Gasteiger charge is 2.61. The van der Waals surface area contributed by atoms with Crippen molar-refractivity contribution >= 4 is 15.6 Å². The van der Waals surface area contributed by atoms with Gasteiger partial charge in [-0.25, -0.2) is 17.2 Å². The zero-order chi connectivity index (χ0) is 30.7. The van der Waals surface area contributed by atoms with Gasteiger partial charge in [0.15, 0.2) is 15.6 Å². The van der Waals surface area contributed by atoms with Crippen molar-refractivity contribution in [2.24, 2.45) is 11.8 Å². The third kappa shape index (κ3) is 4.89. The molecule has 3 aliphatic rings. The van der Waals surface area contributed by atoms with Crippen LogP contribution < -0.4 is 5.32 Å². The molecule has 1 N–H and O–H groups in total. The average molecular weight is 613 g/mol. The van der Waals surface area contributed by atoms with Crippen molar-refractivity contribution in [2.75, 3.05) is 26.2 Å². The van der Waals surface area contributed by atoms with E-state index in [2.05, 4.69) is 10.2 Å². The van der Waals surface area contributed by atoms with Crippen molar-refractivity contribution in [3.8, 4) is 0 Å². The van der Waals surface area contributed by atoms with Gasteiger partial charge in [0.1, 0.15) is 10.6 Å². The second-order valence-corrected chi connectivity index (χ2v) is 14.8. The molecule has 2 aromatic rings. The van der Waals surface area contributed by atoms with Gasteiger partial charge in [0.05, 0.1) is 10.4 Å². The van der Waals surface area contributed by atoms with Crippen LogP contribution in [0, 0.1) is 17.7 Å². The first-order valence-corrected chi connectivity index (χ1v) is 15.9. The first-order valence-electron chi connectivity index (χ1n) is 14.4. The number of piperazine rings is 1. The van der Waals surface area contributed by atoms with Crippen molar-refractivity contribution in [3.05, 3.63) is 65.0 Å². The summed E-state index contributed by atoms with van der Waals surface area (Å²) >= 11 is 0. The summed E-state index contributed by atoms with van der Waals surface area (Å²) in [5, 5.41) is 3.28.